The van der Waals surface area contributed by atoms with Crippen LogP contribution in [0.25, 0.3) is 0 Å². The Morgan fingerprint density at radius 1 is 1.00 bits per heavy atom. The number of carboxylic acid groups (broad SMARTS) is 1. The molecule has 0 bridgehead atoms. The second-order valence-corrected chi connectivity index (χ2v) is 10.6. The first kappa shape index (κ1) is 30.4. The largest absolute Gasteiger partial charge is 0.496 e. The number of halogens is 1. The van der Waals surface area contributed by atoms with Gasteiger partial charge in [0.15, 0.2) is 0 Å². The molecule has 0 heterocycles. The molecule has 0 saturated heterocycles. The highest BCUT2D eigenvalue weighted by molar-refractivity contribution is 7.89. The molecule has 3 aromatic carbocycles. The molecule has 0 aliphatic carbocycles. The lowest BCUT2D eigenvalue weighted by Gasteiger charge is -2.19. The summed E-state index contributed by atoms with van der Waals surface area (Å²) < 4.78 is 51.9. The van der Waals surface area contributed by atoms with Gasteiger partial charge in [0.25, 0.3) is 0 Å². The number of nitrogen functional groups attached to an aromatic ring is 1. The van der Waals surface area contributed by atoms with E-state index in [1.807, 2.05) is 24.3 Å². The van der Waals surface area contributed by atoms with Gasteiger partial charge < -0.3 is 25.6 Å². The Hall–Kier alpha value is -4.16. The van der Waals surface area contributed by atoms with Crippen molar-refractivity contribution in [2.45, 2.75) is 43.0 Å². The minimum Gasteiger partial charge on any atom is -0.496 e. The van der Waals surface area contributed by atoms with Crippen molar-refractivity contribution >= 4 is 27.6 Å². The number of anilines is 1. The van der Waals surface area contributed by atoms with E-state index in [9.17, 15) is 22.4 Å². The number of unbranched alkanes of at least 4 members (excludes halogenated alkanes) is 1. The van der Waals surface area contributed by atoms with Crippen molar-refractivity contribution in [3.63, 3.8) is 0 Å². The number of methoxy groups -OCH3 is 1. The number of hydrogen-bond acceptors (Lipinski definition) is 7. The highest BCUT2D eigenvalue weighted by Gasteiger charge is 2.26. The molecule has 3 rings (SSSR count). The van der Waals surface area contributed by atoms with Crippen LogP contribution in [-0.4, -0.2) is 51.5 Å². The molecule has 2 atom stereocenters. The molecule has 40 heavy (non-hydrogen) atoms. The Kier molecular flexibility index (Phi) is 10.9. The van der Waals surface area contributed by atoms with Gasteiger partial charge in [0, 0.05) is 6.54 Å². The summed E-state index contributed by atoms with van der Waals surface area (Å²) in [6.07, 6.45) is -0.520. The van der Waals surface area contributed by atoms with Crippen molar-refractivity contribution in [3.8, 4) is 11.5 Å². The van der Waals surface area contributed by atoms with Crippen molar-refractivity contribution in [2.24, 2.45) is 0 Å². The monoisotopic (exact) mass is 573 g/mol. The second-order valence-electron chi connectivity index (χ2n) is 8.90. The number of nitrogens with two attached hydrogens (primary N) is 1. The van der Waals surface area contributed by atoms with Gasteiger partial charge in [0.1, 0.15) is 17.5 Å². The summed E-state index contributed by atoms with van der Waals surface area (Å²) in [5.74, 6) is -1.74. The lowest BCUT2D eigenvalue weighted by molar-refractivity contribution is -0.153. The van der Waals surface area contributed by atoms with Crippen LogP contribution in [0.15, 0.2) is 77.7 Å². The lowest BCUT2D eigenvalue weighted by atomic mass is 10.0. The van der Waals surface area contributed by atoms with Gasteiger partial charge in [-0.25, -0.2) is 13.2 Å². The molecule has 1 unspecified atom stereocenters. The number of benzene rings is 3. The van der Waals surface area contributed by atoms with Crippen molar-refractivity contribution < 1.29 is 37.0 Å². The van der Waals surface area contributed by atoms with Gasteiger partial charge in [-0.15, -0.1) is 0 Å². The minimum atomic E-state index is -4.04. The van der Waals surface area contributed by atoms with Crippen molar-refractivity contribution in [1.29, 1.82) is 0 Å². The molecule has 0 fully saturated rings. The van der Waals surface area contributed by atoms with Crippen LogP contribution in [-0.2, 0) is 32.5 Å². The molecule has 10 nitrogen and oxygen atoms in total. The molecule has 0 aromatic heterocycles. The molecule has 0 saturated carbocycles. The van der Waals surface area contributed by atoms with E-state index in [-0.39, 0.29) is 22.8 Å². The predicted octanol–water partition coefficient (Wildman–Crippen LogP) is 3.07. The van der Waals surface area contributed by atoms with Crippen LogP contribution in [0.1, 0.15) is 24.0 Å². The summed E-state index contributed by atoms with van der Waals surface area (Å²) in [6.45, 7) is 0.319. The normalized spacial score (nSPS) is 12.8. The number of amides is 1. The van der Waals surface area contributed by atoms with Gasteiger partial charge in [-0.1, -0.05) is 42.5 Å². The summed E-state index contributed by atoms with van der Waals surface area (Å²) in [7, 11) is -2.43. The third-order valence-electron chi connectivity index (χ3n) is 5.97. The van der Waals surface area contributed by atoms with E-state index in [0.717, 1.165) is 24.2 Å². The Labute approximate surface area is 232 Å². The van der Waals surface area contributed by atoms with Gasteiger partial charge in [-0.05, 0) is 67.1 Å². The summed E-state index contributed by atoms with van der Waals surface area (Å²) in [5, 5.41) is 11.5. The maximum atomic E-state index is 13.4. The summed E-state index contributed by atoms with van der Waals surface area (Å²) in [4.78, 5) is 23.9. The molecule has 0 aliphatic rings. The number of aliphatic carboxylic acids is 1. The number of para-hydroxylation sites is 1. The Morgan fingerprint density at radius 3 is 2.38 bits per heavy atom. The average molecular weight is 574 g/mol. The number of carboxylic acids is 1. The van der Waals surface area contributed by atoms with E-state index in [1.165, 1.54) is 30.3 Å². The number of aryl methyl sites for hydroxylation is 1. The number of carbonyl (C=O) groups is 2. The van der Waals surface area contributed by atoms with Crippen LogP contribution >= 0.6 is 0 Å². The maximum absolute atomic E-state index is 13.4. The highest BCUT2D eigenvalue weighted by Crippen LogP contribution is 2.25. The zero-order chi connectivity index (χ0) is 29.1. The van der Waals surface area contributed by atoms with Gasteiger partial charge in [0.05, 0.1) is 17.7 Å². The minimum absolute atomic E-state index is 0.00414. The number of sulfonamides is 1. The summed E-state index contributed by atoms with van der Waals surface area (Å²) >= 11 is 0. The van der Waals surface area contributed by atoms with E-state index < -0.39 is 34.3 Å². The topological polar surface area (TPSA) is 157 Å². The second kappa shape index (κ2) is 14.3. The van der Waals surface area contributed by atoms with E-state index >= 15 is 0 Å². The number of nitrogens with one attached hydrogen (secondary N) is 2. The number of alkyl halides is 1. The zero-order valence-corrected chi connectivity index (χ0v) is 22.7. The predicted molar refractivity (Wildman–Crippen MR) is 147 cm³/mol. The SMILES string of the molecule is COc1ccccc1CCCCNC(=O)[C@H](Cc1ccc(OC(F)C(=O)O)c(N)c1)NS(=O)(=O)c1ccccc1. The Morgan fingerprint density at radius 2 is 1.70 bits per heavy atom. The quantitative estimate of drug-likeness (QED) is 0.160. The van der Waals surface area contributed by atoms with Crippen LogP contribution in [0.2, 0.25) is 0 Å². The molecule has 0 radical (unpaired) electrons. The van der Waals surface area contributed by atoms with E-state index in [1.54, 1.807) is 25.3 Å². The first-order valence-electron chi connectivity index (χ1n) is 12.5. The van der Waals surface area contributed by atoms with E-state index in [0.29, 0.717) is 18.5 Å². The van der Waals surface area contributed by atoms with Crippen molar-refractivity contribution in [3.05, 3.63) is 83.9 Å². The number of ether oxygens (including phenoxy) is 2. The van der Waals surface area contributed by atoms with Gasteiger partial charge in [-0.3, -0.25) is 4.79 Å². The summed E-state index contributed by atoms with van der Waals surface area (Å²) in [6, 6.07) is 18.2. The standard InChI is InChI=1S/C28H32FN3O7S/c1-38-24-13-6-5-9-20(24)10-7-8-16-31-27(33)23(32-40(36,37)21-11-3-2-4-12-21)18-19-14-15-25(22(30)17-19)39-26(29)28(34)35/h2-6,9,11-15,17,23,26,32H,7-8,10,16,18,30H2,1H3,(H,31,33)(H,34,35)/t23-,26?/m0/s1. The van der Waals surface area contributed by atoms with Crippen LogP contribution in [0.5, 0.6) is 11.5 Å². The molecule has 12 heteroatoms. The fourth-order valence-corrected chi connectivity index (χ4v) is 5.17. The Balaban J connectivity index is 1.68. The zero-order valence-electron chi connectivity index (χ0n) is 21.9. The Bertz CT molecular complexity index is 1400. The number of rotatable bonds is 15. The van der Waals surface area contributed by atoms with Gasteiger partial charge in [0.2, 0.25) is 15.9 Å². The first-order valence-corrected chi connectivity index (χ1v) is 14.0. The van der Waals surface area contributed by atoms with E-state index in [4.69, 9.17) is 15.6 Å². The molecule has 5 N–H and O–H groups in total. The van der Waals surface area contributed by atoms with Crippen molar-refractivity contribution in [2.75, 3.05) is 19.4 Å². The molecule has 0 spiro atoms. The van der Waals surface area contributed by atoms with Crippen LogP contribution in [0.4, 0.5) is 10.1 Å². The lowest BCUT2D eigenvalue weighted by Crippen LogP contribution is -2.48. The third kappa shape index (κ3) is 8.68. The van der Waals surface area contributed by atoms with Crippen LogP contribution in [0.3, 0.4) is 0 Å². The average Bonchev–Trinajstić information content (AvgIpc) is 2.94. The molecule has 3 aromatic rings. The first-order chi connectivity index (χ1) is 19.1. The van der Waals surface area contributed by atoms with Gasteiger partial charge >= 0.3 is 12.3 Å². The fraction of sp³-hybridized carbons (Fsp3) is 0.286. The number of carbonyl (C=O) groups excluding carboxylic acids is 1. The van der Waals surface area contributed by atoms with Crippen LogP contribution < -0.4 is 25.2 Å². The number of hydrogen-bond donors (Lipinski definition) is 4. The highest BCUT2D eigenvalue weighted by atomic mass is 32.2. The smallest absolute Gasteiger partial charge is 0.378 e. The van der Waals surface area contributed by atoms with Crippen LogP contribution in [0, 0.1) is 0 Å². The van der Waals surface area contributed by atoms with Gasteiger partial charge in [-0.2, -0.15) is 9.11 Å². The molecule has 1 amide bonds. The molecule has 0 aliphatic heterocycles. The van der Waals surface area contributed by atoms with E-state index in [2.05, 4.69) is 14.8 Å². The maximum Gasteiger partial charge on any atom is 0.378 e. The fourth-order valence-electron chi connectivity index (χ4n) is 3.96. The third-order valence-corrected chi connectivity index (χ3v) is 7.46. The molecular weight excluding hydrogens is 541 g/mol. The summed E-state index contributed by atoms with van der Waals surface area (Å²) in [5.41, 5.74) is 7.32. The van der Waals surface area contributed by atoms with Crippen molar-refractivity contribution in [1.82, 2.24) is 10.0 Å². The molecular formula is C28H32FN3O7S. The molecule has 214 valence electrons.